The lowest BCUT2D eigenvalue weighted by atomic mass is 9.91. The van der Waals surface area contributed by atoms with Crippen molar-refractivity contribution in [3.63, 3.8) is 0 Å². The molecule has 0 spiro atoms. The van der Waals surface area contributed by atoms with Gasteiger partial charge in [-0.15, -0.1) is 0 Å². The molecule has 146 valence electrons. The van der Waals surface area contributed by atoms with Crippen molar-refractivity contribution in [2.45, 2.75) is 77.0 Å². The molecule has 1 aliphatic heterocycles. The maximum atomic E-state index is 14.0. The van der Waals surface area contributed by atoms with Crippen LogP contribution in [0.5, 0.6) is 0 Å². The topological polar surface area (TPSA) is 60.7 Å². The van der Waals surface area contributed by atoms with E-state index in [0.717, 1.165) is 11.4 Å². The largest absolute Gasteiger partial charge is 0.462 e. The fourth-order valence-corrected chi connectivity index (χ4v) is 4.13. The summed E-state index contributed by atoms with van der Waals surface area (Å²) in [5.74, 6) is -3.33. The molecule has 0 saturated carbocycles. The Morgan fingerprint density at radius 3 is 2.85 bits per heavy atom. The number of carbonyl (C=O) groups excluding carboxylic acids is 1. The van der Waals surface area contributed by atoms with Gasteiger partial charge in [0.25, 0.3) is 5.92 Å². The predicted octanol–water partition coefficient (Wildman–Crippen LogP) is 2.89. The molecule has 26 heavy (non-hydrogen) atoms. The summed E-state index contributed by atoms with van der Waals surface area (Å²) in [6.45, 7) is 4.77. The van der Waals surface area contributed by atoms with Crippen molar-refractivity contribution in [2.75, 3.05) is 13.2 Å². The van der Waals surface area contributed by atoms with Gasteiger partial charge in [-0.2, -0.15) is 0 Å². The van der Waals surface area contributed by atoms with E-state index in [2.05, 4.69) is 0 Å². The Balaban J connectivity index is 2.01. The second kappa shape index (κ2) is 7.64. The third-order valence-corrected chi connectivity index (χ3v) is 5.29. The Morgan fingerprint density at radius 1 is 1.42 bits per heavy atom. The van der Waals surface area contributed by atoms with Gasteiger partial charge in [-0.1, -0.05) is 6.92 Å². The summed E-state index contributed by atoms with van der Waals surface area (Å²) in [5, 5.41) is 9.89. The average molecular weight is 371 g/mol. The van der Waals surface area contributed by atoms with Crippen LogP contribution in [0.25, 0.3) is 0 Å². The first kappa shape index (κ1) is 19.3. The van der Waals surface area contributed by atoms with Gasteiger partial charge in [0.05, 0.1) is 24.4 Å². The molecular weight excluding hydrogens is 344 g/mol. The number of aliphatic hydroxyl groups excluding tert-OH is 1. The highest BCUT2D eigenvalue weighted by Gasteiger charge is 2.40. The molecule has 0 bridgehead atoms. The number of fused-ring (bicyclic) bond motifs is 1. The van der Waals surface area contributed by atoms with E-state index in [1.165, 1.54) is 0 Å². The van der Waals surface area contributed by atoms with Gasteiger partial charge < -0.3 is 19.1 Å². The molecule has 1 saturated heterocycles. The summed E-state index contributed by atoms with van der Waals surface area (Å²) in [6.07, 6.45) is 0.666. The van der Waals surface area contributed by atoms with E-state index < -0.39 is 24.4 Å². The van der Waals surface area contributed by atoms with Gasteiger partial charge in [-0.25, -0.2) is 13.6 Å². The van der Waals surface area contributed by atoms with E-state index in [9.17, 15) is 18.7 Å². The van der Waals surface area contributed by atoms with Crippen LogP contribution < -0.4 is 0 Å². The Labute approximate surface area is 152 Å². The molecule has 3 rings (SSSR count). The number of ether oxygens (including phenoxy) is 2. The molecule has 7 heteroatoms. The van der Waals surface area contributed by atoms with Crippen molar-refractivity contribution in [2.24, 2.45) is 0 Å². The highest BCUT2D eigenvalue weighted by Crippen LogP contribution is 2.38. The van der Waals surface area contributed by atoms with Crippen molar-refractivity contribution in [3.8, 4) is 0 Å². The number of hydrogen-bond acceptors (Lipinski definition) is 4. The van der Waals surface area contributed by atoms with Crippen LogP contribution >= 0.6 is 0 Å². The lowest BCUT2D eigenvalue weighted by Crippen LogP contribution is -2.33. The van der Waals surface area contributed by atoms with E-state index >= 15 is 0 Å². The third-order valence-electron chi connectivity index (χ3n) is 5.29. The highest BCUT2D eigenvalue weighted by atomic mass is 19.3. The van der Waals surface area contributed by atoms with Crippen molar-refractivity contribution < 1.29 is 28.2 Å². The number of hydrogen-bond donors (Lipinski definition) is 1. The number of alkyl halides is 2. The number of aliphatic hydroxyl groups is 1. The second-order valence-electron chi connectivity index (χ2n) is 7.14. The molecular formula is C19H27F2NO4. The molecule has 1 aliphatic carbocycles. The average Bonchev–Trinajstić information content (AvgIpc) is 2.86. The van der Waals surface area contributed by atoms with Crippen LogP contribution in [-0.2, 0) is 35.3 Å². The maximum absolute atomic E-state index is 14.0. The minimum absolute atomic E-state index is 0.182. The Morgan fingerprint density at radius 2 is 2.19 bits per heavy atom. The lowest BCUT2D eigenvalue weighted by molar-refractivity contribution is -0.0506. The molecule has 0 amide bonds. The van der Waals surface area contributed by atoms with Crippen LogP contribution in [0.4, 0.5) is 8.78 Å². The maximum Gasteiger partial charge on any atom is 0.340 e. The van der Waals surface area contributed by atoms with Gasteiger partial charge in [0.1, 0.15) is 0 Å². The number of aromatic nitrogens is 1. The van der Waals surface area contributed by atoms with E-state index in [1.807, 2.05) is 11.5 Å². The van der Waals surface area contributed by atoms with Crippen molar-refractivity contribution in [1.29, 1.82) is 0 Å². The summed E-state index contributed by atoms with van der Waals surface area (Å²) >= 11 is 0. The Bertz CT molecular complexity index is 671. The molecule has 1 N–H and O–H groups in total. The molecule has 2 unspecified atom stereocenters. The molecule has 0 aromatic carbocycles. The molecule has 2 atom stereocenters. The summed E-state index contributed by atoms with van der Waals surface area (Å²) < 4.78 is 41.0. The van der Waals surface area contributed by atoms with Crippen molar-refractivity contribution in [3.05, 3.63) is 22.5 Å². The fourth-order valence-electron chi connectivity index (χ4n) is 4.13. The first-order chi connectivity index (χ1) is 12.4. The molecule has 1 aromatic rings. The van der Waals surface area contributed by atoms with E-state index in [-0.39, 0.29) is 25.6 Å². The van der Waals surface area contributed by atoms with Crippen LogP contribution in [-0.4, -0.2) is 47.0 Å². The predicted molar refractivity (Wildman–Crippen MR) is 91.7 cm³/mol. The molecule has 1 aromatic heterocycles. The number of esters is 1. The first-order valence-corrected chi connectivity index (χ1v) is 9.44. The summed E-state index contributed by atoms with van der Waals surface area (Å²) in [5.41, 5.74) is 2.25. The van der Waals surface area contributed by atoms with Crippen LogP contribution in [0.1, 0.15) is 60.4 Å². The Hall–Kier alpha value is -1.47. The van der Waals surface area contributed by atoms with Gasteiger partial charge in [-0.05, 0) is 31.7 Å². The lowest BCUT2D eigenvalue weighted by Gasteiger charge is -2.29. The van der Waals surface area contributed by atoms with Gasteiger partial charge in [-0.3, -0.25) is 0 Å². The van der Waals surface area contributed by atoms with Gasteiger partial charge >= 0.3 is 5.97 Å². The summed E-state index contributed by atoms with van der Waals surface area (Å²) in [7, 11) is 0. The number of rotatable bonds is 5. The normalized spacial score (nSPS) is 25.0. The molecule has 0 radical (unpaired) electrons. The van der Waals surface area contributed by atoms with Crippen LogP contribution in [0.15, 0.2) is 0 Å². The first-order valence-electron chi connectivity index (χ1n) is 9.44. The van der Waals surface area contributed by atoms with Gasteiger partial charge in [0.15, 0.2) is 0 Å². The number of nitrogens with zero attached hydrogens (tertiary/aromatic N) is 1. The van der Waals surface area contributed by atoms with E-state index in [0.29, 0.717) is 43.5 Å². The van der Waals surface area contributed by atoms with E-state index in [1.54, 1.807) is 6.92 Å². The highest BCUT2D eigenvalue weighted by molar-refractivity contribution is 5.93. The quantitative estimate of drug-likeness (QED) is 0.809. The zero-order valence-electron chi connectivity index (χ0n) is 15.4. The monoisotopic (exact) mass is 371 g/mol. The molecule has 5 nitrogen and oxygen atoms in total. The fraction of sp³-hybridized carbons (Fsp3) is 0.737. The minimum Gasteiger partial charge on any atom is -0.462 e. The number of carbonyl (C=O) groups is 1. The van der Waals surface area contributed by atoms with Crippen LogP contribution in [0.2, 0.25) is 0 Å². The van der Waals surface area contributed by atoms with E-state index in [4.69, 9.17) is 9.47 Å². The third kappa shape index (κ3) is 3.78. The van der Waals surface area contributed by atoms with Crippen LogP contribution in [0.3, 0.4) is 0 Å². The number of halogens is 2. The van der Waals surface area contributed by atoms with Gasteiger partial charge in [0, 0.05) is 43.8 Å². The molecule has 2 heterocycles. The summed E-state index contributed by atoms with van der Waals surface area (Å²) in [6, 6.07) is 0. The smallest absolute Gasteiger partial charge is 0.340 e. The van der Waals surface area contributed by atoms with Gasteiger partial charge in [0.2, 0.25) is 0 Å². The van der Waals surface area contributed by atoms with Crippen molar-refractivity contribution in [1.82, 2.24) is 4.57 Å². The van der Waals surface area contributed by atoms with Crippen LogP contribution in [0, 0.1) is 0 Å². The minimum atomic E-state index is -2.80. The molecule has 2 aliphatic rings. The summed E-state index contributed by atoms with van der Waals surface area (Å²) in [4.78, 5) is 12.5. The zero-order chi connectivity index (χ0) is 18.9. The van der Waals surface area contributed by atoms with Crippen molar-refractivity contribution >= 4 is 5.97 Å². The Kier molecular flexibility index (Phi) is 5.67. The second-order valence-corrected chi connectivity index (χ2v) is 7.14. The zero-order valence-corrected chi connectivity index (χ0v) is 15.4. The SMILES string of the molecule is CCOC(=O)c1c2c(n(CC3CC(O)CCO3)c1CC)CCC(F)(F)C2. The molecule has 1 fully saturated rings. The standard InChI is InChI=1S/C19H27F2NO4/c1-3-15-17(18(24)25-4-2)14-10-19(20,21)7-5-16(14)22(15)11-13-9-12(23)6-8-26-13/h12-13,23H,3-11H2,1-2H3.